The zero-order chi connectivity index (χ0) is 16.3. The van der Waals surface area contributed by atoms with Gasteiger partial charge in [-0.1, -0.05) is 69.4 Å². The van der Waals surface area contributed by atoms with Crippen LogP contribution in [-0.4, -0.2) is 0 Å². The maximum absolute atomic E-state index is 12.3. The standard InChI is InChI=1S/C20H28NOP/c1-2-3-4-5-6-8-11-18-14-16-19(17-15-18)21-23(22)20-12-9-7-10-13-20/h7,9-10,12-17,23H,2-6,8,11H2,1H3,(H,21,22). The predicted octanol–water partition coefficient (Wildman–Crippen LogP) is 5.80. The van der Waals surface area contributed by atoms with E-state index in [1.807, 2.05) is 42.5 Å². The third-order valence-corrected chi connectivity index (χ3v) is 5.44. The largest absolute Gasteiger partial charge is 0.335 e. The summed E-state index contributed by atoms with van der Waals surface area (Å²) >= 11 is 0. The zero-order valence-electron chi connectivity index (χ0n) is 14.1. The lowest BCUT2D eigenvalue weighted by molar-refractivity contribution is 0.596. The van der Waals surface area contributed by atoms with Crippen molar-refractivity contribution in [1.29, 1.82) is 0 Å². The molecule has 0 aliphatic carbocycles. The maximum Gasteiger partial charge on any atom is 0.187 e. The number of hydrogen-bond acceptors (Lipinski definition) is 1. The van der Waals surface area contributed by atoms with Gasteiger partial charge in [0, 0.05) is 11.0 Å². The molecule has 1 atom stereocenters. The molecule has 0 aliphatic rings. The molecule has 0 fully saturated rings. The first-order valence-corrected chi connectivity index (χ1v) is 10.2. The van der Waals surface area contributed by atoms with Crippen LogP contribution in [0.4, 0.5) is 5.69 Å². The Balaban J connectivity index is 1.75. The summed E-state index contributed by atoms with van der Waals surface area (Å²) in [5.41, 5.74) is 2.30. The predicted molar refractivity (Wildman–Crippen MR) is 102 cm³/mol. The second-order valence-electron chi connectivity index (χ2n) is 6.03. The van der Waals surface area contributed by atoms with Gasteiger partial charge in [0.1, 0.15) is 0 Å². The molecule has 124 valence electrons. The number of hydrogen-bond donors (Lipinski definition) is 1. The summed E-state index contributed by atoms with van der Waals surface area (Å²) in [7, 11) is -1.96. The molecule has 0 saturated carbocycles. The summed E-state index contributed by atoms with van der Waals surface area (Å²) in [4.78, 5) is 0. The third kappa shape index (κ3) is 6.62. The fourth-order valence-electron chi connectivity index (χ4n) is 2.66. The van der Waals surface area contributed by atoms with Crippen molar-refractivity contribution in [3.63, 3.8) is 0 Å². The van der Waals surface area contributed by atoms with Crippen LogP contribution in [-0.2, 0) is 11.0 Å². The fraction of sp³-hybridized carbons (Fsp3) is 0.400. The molecule has 1 unspecified atom stereocenters. The monoisotopic (exact) mass is 329 g/mol. The van der Waals surface area contributed by atoms with E-state index in [1.165, 1.54) is 44.1 Å². The van der Waals surface area contributed by atoms with E-state index in [9.17, 15) is 4.57 Å². The molecule has 0 heterocycles. The van der Waals surface area contributed by atoms with Gasteiger partial charge >= 0.3 is 0 Å². The van der Waals surface area contributed by atoms with Crippen LogP contribution >= 0.6 is 7.95 Å². The Morgan fingerprint density at radius 3 is 2.17 bits per heavy atom. The lowest BCUT2D eigenvalue weighted by atomic mass is 10.0. The Morgan fingerprint density at radius 1 is 0.826 bits per heavy atom. The lowest BCUT2D eigenvalue weighted by Crippen LogP contribution is -2.00. The van der Waals surface area contributed by atoms with Crippen molar-refractivity contribution in [3.05, 3.63) is 60.2 Å². The topological polar surface area (TPSA) is 29.1 Å². The van der Waals surface area contributed by atoms with Crippen LogP contribution in [0.25, 0.3) is 0 Å². The zero-order valence-corrected chi connectivity index (χ0v) is 15.1. The molecule has 2 aromatic rings. The van der Waals surface area contributed by atoms with E-state index in [-0.39, 0.29) is 0 Å². The second kappa shape index (κ2) is 10.3. The van der Waals surface area contributed by atoms with Gasteiger partial charge in [0.15, 0.2) is 7.95 Å². The Morgan fingerprint density at radius 2 is 1.48 bits per heavy atom. The highest BCUT2D eigenvalue weighted by Crippen LogP contribution is 2.24. The molecule has 0 aliphatic heterocycles. The molecule has 0 radical (unpaired) electrons. The lowest BCUT2D eigenvalue weighted by Gasteiger charge is -2.08. The van der Waals surface area contributed by atoms with E-state index < -0.39 is 7.95 Å². The van der Waals surface area contributed by atoms with Crippen LogP contribution in [0.15, 0.2) is 54.6 Å². The molecule has 3 heteroatoms. The molecule has 0 aromatic heterocycles. The molecule has 0 saturated heterocycles. The molecule has 23 heavy (non-hydrogen) atoms. The van der Waals surface area contributed by atoms with E-state index in [1.54, 1.807) is 0 Å². The molecule has 2 nitrogen and oxygen atoms in total. The molecular formula is C20H28NOP. The van der Waals surface area contributed by atoms with Gasteiger partial charge in [-0.3, -0.25) is 4.57 Å². The summed E-state index contributed by atoms with van der Waals surface area (Å²) in [5.74, 6) is 0. The van der Waals surface area contributed by atoms with Crippen LogP contribution in [0.2, 0.25) is 0 Å². The Labute approximate surface area is 141 Å². The number of benzene rings is 2. The van der Waals surface area contributed by atoms with Gasteiger partial charge in [-0.25, -0.2) is 0 Å². The van der Waals surface area contributed by atoms with Crippen molar-refractivity contribution in [2.24, 2.45) is 0 Å². The quantitative estimate of drug-likeness (QED) is 0.441. The SMILES string of the molecule is CCCCCCCCc1ccc(N[PH](=O)c2ccccc2)cc1. The Hall–Kier alpha value is -1.53. The minimum Gasteiger partial charge on any atom is -0.335 e. The first-order chi connectivity index (χ1) is 11.3. The van der Waals surface area contributed by atoms with Crippen molar-refractivity contribution >= 4 is 18.9 Å². The third-order valence-electron chi connectivity index (χ3n) is 4.07. The van der Waals surface area contributed by atoms with E-state index in [0.29, 0.717) is 0 Å². The van der Waals surface area contributed by atoms with Crippen LogP contribution in [0.3, 0.4) is 0 Å². The van der Waals surface area contributed by atoms with Gasteiger partial charge in [0.2, 0.25) is 0 Å². The molecule has 0 amide bonds. The Kier molecular flexibility index (Phi) is 7.97. The van der Waals surface area contributed by atoms with E-state index >= 15 is 0 Å². The van der Waals surface area contributed by atoms with Gasteiger partial charge in [0.05, 0.1) is 0 Å². The van der Waals surface area contributed by atoms with Gasteiger partial charge in [-0.15, -0.1) is 0 Å². The highest BCUT2D eigenvalue weighted by Gasteiger charge is 2.02. The molecule has 2 rings (SSSR count). The Bertz CT molecular complexity index is 580. The number of rotatable bonds is 10. The summed E-state index contributed by atoms with van der Waals surface area (Å²) in [6, 6.07) is 18.0. The minimum atomic E-state index is -1.96. The van der Waals surface area contributed by atoms with Crippen LogP contribution in [0.5, 0.6) is 0 Å². The summed E-state index contributed by atoms with van der Waals surface area (Å²) in [5, 5.41) is 3.99. The van der Waals surface area contributed by atoms with Crippen molar-refractivity contribution in [2.45, 2.75) is 51.9 Å². The number of aryl methyl sites for hydroxylation is 1. The summed E-state index contributed by atoms with van der Waals surface area (Å²) in [6.07, 6.45) is 9.11. The normalized spacial score (nSPS) is 12.0. The molecule has 0 bridgehead atoms. The smallest absolute Gasteiger partial charge is 0.187 e. The first-order valence-electron chi connectivity index (χ1n) is 8.75. The number of nitrogens with one attached hydrogen (secondary N) is 1. The van der Waals surface area contributed by atoms with Crippen molar-refractivity contribution < 1.29 is 4.57 Å². The van der Waals surface area contributed by atoms with Crippen molar-refractivity contribution in [3.8, 4) is 0 Å². The van der Waals surface area contributed by atoms with Crippen LogP contribution in [0, 0.1) is 0 Å². The second-order valence-corrected chi connectivity index (χ2v) is 7.52. The fourth-order valence-corrected chi connectivity index (χ4v) is 3.73. The van der Waals surface area contributed by atoms with Crippen LogP contribution in [0.1, 0.15) is 51.0 Å². The average molecular weight is 329 g/mol. The van der Waals surface area contributed by atoms with Crippen molar-refractivity contribution in [2.75, 3.05) is 5.09 Å². The summed E-state index contributed by atoms with van der Waals surface area (Å²) in [6.45, 7) is 2.25. The molecule has 2 aromatic carbocycles. The van der Waals surface area contributed by atoms with Gasteiger partial charge in [0.25, 0.3) is 0 Å². The first kappa shape index (κ1) is 17.8. The van der Waals surface area contributed by atoms with Gasteiger partial charge in [-0.05, 0) is 42.7 Å². The highest BCUT2D eigenvalue weighted by molar-refractivity contribution is 7.55. The van der Waals surface area contributed by atoms with E-state index in [0.717, 1.165) is 17.4 Å². The van der Waals surface area contributed by atoms with Crippen molar-refractivity contribution in [1.82, 2.24) is 0 Å². The highest BCUT2D eigenvalue weighted by atomic mass is 31.1. The summed E-state index contributed by atoms with van der Waals surface area (Å²) < 4.78 is 12.3. The number of unbranched alkanes of at least 4 members (excludes halogenated alkanes) is 5. The average Bonchev–Trinajstić information content (AvgIpc) is 2.60. The van der Waals surface area contributed by atoms with Gasteiger partial charge < -0.3 is 5.09 Å². The van der Waals surface area contributed by atoms with E-state index in [2.05, 4.69) is 24.1 Å². The molecular weight excluding hydrogens is 301 g/mol. The van der Waals surface area contributed by atoms with Crippen LogP contribution < -0.4 is 10.4 Å². The molecule has 0 spiro atoms. The molecule has 1 N–H and O–H groups in total. The van der Waals surface area contributed by atoms with E-state index in [4.69, 9.17) is 0 Å². The van der Waals surface area contributed by atoms with Gasteiger partial charge in [-0.2, -0.15) is 0 Å². The maximum atomic E-state index is 12.3. The minimum absolute atomic E-state index is 0.869. The number of anilines is 1.